The van der Waals surface area contributed by atoms with Crippen LogP contribution >= 0.6 is 11.3 Å². The minimum atomic E-state index is -0.220. The van der Waals surface area contributed by atoms with Gasteiger partial charge in [-0.1, -0.05) is 13.8 Å². The van der Waals surface area contributed by atoms with Gasteiger partial charge in [-0.05, 0) is 36.3 Å². The van der Waals surface area contributed by atoms with E-state index in [1.807, 2.05) is 18.4 Å². The lowest BCUT2D eigenvalue weighted by Gasteiger charge is -2.18. The minimum absolute atomic E-state index is 0.0242. The number of amides is 2. The van der Waals surface area contributed by atoms with Crippen LogP contribution in [0, 0.1) is 12.8 Å². The van der Waals surface area contributed by atoms with E-state index >= 15 is 0 Å². The third-order valence-corrected chi connectivity index (χ3v) is 3.71. The standard InChI is InChI=1S/C13H22N2O2S/c1-9(2)6-11(8-16)15-13(17)14-7-12-10(3)4-5-18-12/h4-5,9,11,16H,6-8H2,1-3H3,(H2,14,15,17)/t11-/m0/s1. The molecule has 3 N–H and O–H groups in total. The van der Waals surface area contributed by atoms with Gasteiger partial charge in [-0.3, -0.25) is 0 Å². The van der Waals surface area contributed by atoms with Gasteiger partial charge in [0.05, 0.1) is 19.2 Å². The first-order chi connectivity index (χ1) is 8.52. The summed E-state index contributed by atoms with van der Waals surface area (Å²) in [5, 5.41) is 16.8. The van der Waals surface area contributed by atoms with Crippen molar-refractivity contribution in [2.75, 3.05) is 6.61 Å². The van der Waals surface area contributed by atoms with E-state index in [1.165, 1.54) is 5.56 Å². The first-order valence-corrected chi connectivity index (χ1v) is 7.09. The Hall–Kier alpha value is -1.07. The molecule has 1 aromatic rings. The number of aliphatic hydroxyl groups is 1. The Labute approximate surface area is 112 Å². The lowest BCUT2D eigenvalue weighted by Crippen LogP contribution is -2.44. The number of aryl methyl sites for hydroxylation is 1. The Kier molecular flexibility index (Phi) is 6.15. The molecule has 0 aliphatic heterocycles. The van der Waals surface area contributed by atoms with Crippen molar-refractivity contribution in [2.45, 2.75) is 39.8 Å². The average molecular weight is 270 g/mol. The van der Waals surface area contributed by atoms with Crippen molar-refractivity contribution in [3.8, 4) is 0 Å². The zero-order valence-corrected chi connectivity index (χ0v) is 12.0. The molecule has 0 radical (unpaired) electrons. The van der Waals surface area contributed by atoms with Crippen molar-refractivity contribution >= 4 is 17.4 Å². The molecule has 2 amide bonds. The van der Waals surface area contributed by atoms with E-state index in [4.69, 9.17) is 0 Å². The molecular weight excluding hydrogens is 248 g/mol. The molecule has 1 atom stereocenters. The number of rotatable bonds is 6. The minimum Gasteiger partial charge on any atom is -0.394 e. The quantitative estimate of drug-likeness (QED) is 0.742. The summed E-state index contributed by atoms with van der Waals surface area (Å²) in [6.45, 7) is 6.67. The third kappa shape index (κ3) is 5.06. The zero-order valence-electron chi connectivity index (χ0n) is 11.2. The molecule has 0 saturated heterocycles. The normalized spacial score (nSPS) is 12.5. The highest BCUT2D eigenvalue weighted by molar-refractivity contribution is 7.10. The van der Waals surface area contributed by atoms with Crippen LogP contribution < -0.4 is 10.6 Å². The van der Waals surface area contributed by atoms with E-state index in [2.05, 4.69) is 24.5 Å². The van der Waals surface area contributed by atoms with E-state index in [9.17, 15) is 9.90 Å². The van der Waals surface area contributed by atoms with E-state index in [0.29, 0.717) is 12.5 Å². The molecule has 4 nitrogen and oxygen atoms in total. The van der Waals surface area contributed by atoms with Gasteiger partial charge in [0.25, 0.3) is 0 Å². The summed E-state index contributed by atoms with van der Waals surface area (Å²) in [5.41, 5.74) is 1.20. The maximum absolute atomic E-state index is 11.7. The third-order valence-electron chi connectivity index (χ3n) is 2.69. The summed E-state index contributed by atoms with van der Waals surface area (Å²) >= 11 is 1.63. The summed E-state index contributed by atoms with van der Waals surface area (Å²) in [4.78, 5) is 12.8. The molecule has 0 bridgehead atoms. The van der Waals surface area contributed by atoms with Crippen molar-refractivity contribution in [1.82, 2.24) is 10.6 Å². The first-order valence-electron chi connectivity index (χ1n) is 6.21. The summed E-state index contributed by atoms with van der Waals surface area (Å²) < 4.78 is 0. The number of carbonyl (C=O) groups excluding carboxylic acids is 1. The van der Waals surface area contributed by atoms with Crippen molar-refractivity contribution in [3.63, 3.8) is 0 Å². The molecule has 0 aromatic carbocycles. The molecule has 1 heterocycles. The van der Waals surface area contributed by atoms with Gasteiger partial charge in [0.1, 0.15) is 0 Å². The number of carbonyl (C=O) groups is 1. The molecular formula is C13H22N2O2S. The van der Waals surface area contributed by atoms with Crippen LogP contribution in [-0.2, 0) is 6.54 Å². The largest absolute Gasteiger partial charge is 0.394 e. The number of hydrogen-bond donors (Lipinski definition) is 3. The molecule has 0 saturated carbocycles. The summed E-state index contributed by atoms with van der Waals surface area (Å²) in [6, 6.07) is 1.64. The van der Waals surface area contributed by atoms with Gasteiger partial charge in [0.2, 0.25) is 0 Å². The smallest absolute Gasteiger partial charge is 0.315 e. The second-order valence-corrected chi connectivity index (χ2v) is 5.86. The highest BCUT2D eigenvalue weighted by atomic mass is 32.1. The number of hydrogen-bond acceptors (Lipinski definition) is 3. The van der Waals surface area contributed by atoms with Gasteiger partial charge in [0, 0.05) is 4.88 Å². The van der Waals surface area contributed by atoms with E-state index in [0.717, 1.165) is 11.3 Å². The molecule has 0 aliphatic carbocycles. The summed E-state index contributed by atoms with van der Waals surface area (Å²) in [5.74, 6) is 0.446. The maximum atomic E-state index is 11.7. The number of aliphatic hydroxyl groups excluding tert-OH is 1. The summed E-state index contributed by atoms with van der Waals surface area (Å²) in [7, 11) is 0. The second-order valence-electron chi connectivity index (χ2n) is 4.86. The molecule has 0 aliphatic rings. The van der Waals surface area contributed by atoms with Gasteiger partial charge in [-0.15, -0.1) is 11.3 Å². The van der Waals surface area contributed by atoms with Gasteiger partial charge < -0.3 is 15.7 Å². The molecule has 102 valence electrons. The van der Waals surface area contributed by atoms with Crippen molar-refractivity contribution in [3.05, 3.63) is 21.9 Å². The molecule has 18 heavy (non-hydrogen) atoms. The molecule has 5 heteroatoms. The van der Waals surface area contributed by atoms with Crippen LogP contribution in [0.15, 0.2) is 11.4 Å². The van der Waals surface area contributed by atoms with E-state index < -0.39 is 0 Å². The zero-order chi connectivity index (χ0) is 13.5. The Morgan fingerprint density at radius 2 is 2.22 bits per heavy atom. The highest BCUT2D eigenvalue weighted by Gasteiger charge is 2.12. The topological polar surface area (TPSA) is 61.4 Å². The fourth-order valence-corrected chi connectivity index (χ4v) is 2.58. The van der Waals surface area contributed by atoms with Gasteiger partial charge in [-0.25, -0.2) is 4.79 Å². The van der Waals surface area contributed by atoms with Crippen LogP contribution in [0.4, 0.5) is 4.79 Å². The molecule has 0 unspecified atom stereocenters. The molecule has 1 aromatic heterocycles. The molecule has 0 spiro atoms. The van der Waals surface area contributed by atoms with Crippen molar-refractivity contribution < 1.29 is 9.90 Å². The number of nitrogens with one attached hydrogen (secondary N) is 2. The number of thiophene rings is 1. The summed E-state index contributed by atoms with van der Waals surface area (Å²) in [6.07, 6.45) is 0.780. The molecule has 0 fully saturated rings. The number of urea groups is 1. The fourth-order valence-electron chi connectivity index (χ4n) is 1.73. The van der Waals surface area contributed by atoms with Gasteiger partial charge in [-0.2, -0.15) is 0 Å². The predicted molar refractivity (Wildman–Crippen MR) is 74.8 cm³/mol. The van der Waals surface area contributed by atoms with Gasteiger partial charge in [0.15, 0.2) is 0 Å². The predicted octanol–water partition coefficient (Wildman–Crippen LogP) is 2.26. The Bertz CT molecular complexity index is 377. The molecule has 1 rings (SSSR count). The Morgan fingerprint density at radius 1 is 1.50 bits per heavy atom. The van der Waals surface area contributed by atoms with Crippen LogP contribution in [0.25, 0.3) is 0 Å². The Morgan fingerprint density at radius 3 is 2.72 bits per heavy atom. The second kappa shape index (κ2) is 7.38. The van der Waals surface area contributed by atoms with Crippen LogP contribution in [0.2, 0.25) is 0 Å². The average Bonchev–Trinajstić information content (AvgIpc) is 2.70. The van der Waals surface area contributed by atoms with Crippen molar-refractivity contribution in [2.24, 2.45) is 5.92 Å². The van der Waals surface area contributed by atoms with E-state index in [-0.39, 0.29) is 18.7 Å². The highest BCUT2D eigenvalue weighted by Crippen LogP contribution is 2.14. The van der Waals surface area contributed by atoms with Crippen LogP contribution in [0.3, 0.4) is 0 Å². The lowest BCUT2D eigenvalue weighted by atomic mass is 10.0. The van der Waals surface area contributed by atoms with Crippen LogP contribution in [-0.4, -0.2) is 23.8 Å². The fraction of sp³-hybridized carbons (Fsp3) is 0.615. The van der Waals surface area contributed by atoms with Crippen LogP contribution in [0.5, 0.6) is 0 Å². The van der Waals surface area contributed by atoms with E-state index in [1.54, 1.807) is 11.3 Å². The van der Waals surface area contributed by atoms with Crippen molar-refractivity contribution in [1.29, 1.82) is 0 Å². The maximum Gasteiger partial charge on any atom is 0.315 e. The Balaban J connectivity index is 2.34. The lowest BCUT2D eigenvalue weighted by molar-refractivity contribution is 0.207. The first kappa shape index (κ1) is 15.0. The van der Waals surface area contributed by atoms with Gasteiger partial charge >= 0.3 is 6.03 Å². The monoisotopic (exact) mass is 270 g/mol. The van der Waals surface area contributed by atoms with Crippen LogP contribution in [0.1, 0.15) is 30.7 Å². The SMILES string of the molecule is Cc1ccsc1CNC(=O)N[C@H](CO)CC(C)C.